The Bertz CT molecular complexity index is 245. The number of methoxy groups -OCH3 is 1. The first-order valence-corrected chi connectivity index (χ1v) is 4.58. The van der Waals surface area contributed by atoms with Crippen molar-refractivity contribution in [3.63, 3.8) is 0 Å². The molecule has 0 bridgehead atoms. The first-order valence-electron chi connectivity index (χ1n) is 3.79. The van der Waals surface area contributed by atoms with Crippen molar-refractivity contribution in [1.82, 2.24) is 9.78 Å². The van der Waals surface area contributed by atoms with E-state index in [-0.39, 0.29) is 0 Å². The monoisotopic (exact) mass is 249 g/mol. The number of halogens is 1. The molecule has 0 aliphatic rings. The fourth-order valence-corrected chi connectivity index (χ4v) is 1.09. The number of hydrogen-bond donors (Lipinski definition) is 1. The maximum absolute atomic E-state index is 5.51. The summed E-state index contributed by atoms with van der Waals surface area (Å²) in [5, 5.41) is 3.99. The van der Waals surface area contributed by atoms with E-state index in [1.165, 1.54) is 0 Å². The number of hydrogen-bond acceptors (Lipinski definition) is 4. The Morgan fingerprint density at radius 3 is 2.92 bits per heavy atom. The van der Waals surface area contributed by atoms with E-state index in [2.05, 4.69) is 21.0 Å². The highest BCUT2D eigenvalue weighted by Crippen LogP contribution is 2.15. The van der Waals surface area contributed by atoms with Gasteiger partial charge in [-0.25, -0.2) is 4.68 Å². The van der Waals surface area contributed by atoms with Gasteiger partial charge < -0.3 is 15.2 Å². The summed E-state index contributed by atoms with van der Waals surface area (Å²) in [7, 11) is 1.63. The van der Waals surface area contributed by atoms with Gasteiger partial charge in [-0.3, -0.25) is 0 Å². The van der Waals surface area contributed by atoms with Crippen LogP contribution in [-0.2, 0) is 16.2 Å². The highest BCUT2D eigenvalue weighted by atomic mass is 79.9. The van der Waals surface area contributed by atoms with Crippen molar-refractivity contribution in [2.75, 3.05) is 26.1 Å². The fraction of sp³-hybridized carbons (Fsp3) is 0.571. The third-order valence-electron chi connectivity index (χ3n) is 1.40. The third kappa shape index (κ3) is 3.33. The van der Waals surface area contributed by atoms with E-state index in [1.54, 1.807) is 18.0 Å². The van der Waals surface area contributed by atoms with Crippen molar-refractivity contribution in [3.8, 4) is 0 Å². The first-order chi connectivity index (χ1) is 6.24. The Labute approximate surface area is 84.9 Å². The molecule has 1 heterocycles. The highest BCUT2D eigenvalue weighted by Gasteiger charge is 2.00. The van der Waals surface area contributed by atoms with E-state index in [4.69, 9.17) is 15.2 Å². The summed E-state index contributed by atoms with van der Waals surface area (Å²) in [6.45, 7) is 1.52. The molecule has 1 aromatic rings. The van der Waals surface area contributed by atoms with Crippen LogP contribution in [0.4, 0.5) is 5.82 Å². The summed E-state index contributed by atoms with van der Waals surface area (Å²) < 4.78 is 12.4. The van der Waals surface area contributed by atoms with Crippen LogP contribution in [0.2, 0.25) is 0 Å². The van der Waals surface area contributed by atoms with Crippen molar-refractivity contribution in [1.29, 1.82) is 0 Å². The second-order valence-corrected chi connectivity index (χ2v) is 3.29. The van der Waals surface area contributed by atoms with Gasteiger partial charge in [0.1, 0.15) is 6.73 Å². The molecule has 0 amide bonds. The van der Waals surface area contributed by atoms with Crippen LogP contribution in [0, 0.1) is 0 Å². The first kappa shape index (κ1) is 10.5. The van der Waals surface area contributed by atoms with E-state index in [0.29, 0.717) is 25.8 Å². The molecular weight excluding hydrogens is 238 g/mol. The van der Waals surface area contributed by atoms with Crippen molar-refractivity contribution in [2.24, 2.45) is 0 Å². The molecule has 0 unspecified atom stereocenters. The number of nitrogen functional groups attached to an aromatic ring is 1. The molecule has 1 rings (SSSR count). The van der Waals surface area contributed by atoms with E-state index in [9.17, 15) is 0 Å². The zero-order chi connectivity index (χ0) is 9.68. The predicted octanol–water partition coefficient (Wildman–Crippen LogP) is 0.848. The summed E-state index contributed by atoms with van der Waals surface area (Å²) in [6.07, 6.45) is 1.77. The van der Waals surface area contributed by atoms with Gasteiger partial charge in [-0.2, -0.15) is 5.10 Å². The van der Waals surface area contributed by atoms with Crippen LogP contribution >= 0.6 is 15.9 Å². The van der Waals surface area contributed by atoms with Crippen molar-refractivity contribution in [2.45, 2.75) is 6.73 Å². The van der Waals surface area contributed by atoms with Gasteiger partial charge in [-0.05, 0) is 15.9 Å². The lowest BCUT2D eigenvalue weighted by Crippen LogP contribution is -2.07. The van der Waals surface area contributed by atoms with Gasteiger partial charge in [0, 0.05) is 13.3 Å². The molecule has 0 fully saturated rings. The fourth-order valence-electron chi connectivity index (χ4n) is 0.778. The number of aromatic nitrogens is 2. The molecule has 0 aromatic carbocycles. The van der Waals surface area contributed by atoms with Gasteiger partial charge in [0.25, 0.3) is 0 Å². The summed E-state index contributed by atoms with van der Waals surface area (Å²) in [4.78, 5) is 0. The molecule has 0 spiro atoms. The van der Waals surface area contributed by atoms with Gasteiger partial charge in [0.05, 0.1) is 17.7 Å². The van der Waals surface area contributed by atoms with Crippen LogP contribution in [0.15, 0.2) is 10.7 Å². The molecule has 1 aromatic heterocycles. The minimum atomic E-state index is 0.388. The van der Waals surface area contributed by atoms with Crippen molar-refractivity contribution < 1.29 is 9.47 Å². The SMILES string of the molecule is COCCOCn1cc(Br)c(N)n1. The number of nitrogens with zero attached hydrogens (tertiary/aromatic N) is 2. The Morgan fingerprint density at radius 2 is 2.38 bits per heavy atom. The second-order valence-electron chi connectivity index (χ2n) is 2.43. The molecule has 0 saturated heterocycles. The lowest BCUT2D eigenvalue weighted by atomic mass is 10.7. The molecule has 13 heavy (non-hydrogen) atoms. The second kappa shape index (κ2) is 5.21. The largest absolute Gasteiger partial charge is 0.382 e. The van der Waals surface area contributed by atoms with Crippen LogP contribution in [0.5, 0.6) is 0 Å². The number of ether oxygens (including phenoxy) is 2. The van der Waals surface area contributed by atoms with Crippen molar-refractivity contribution >= 4 is 21.7 Å². The Hall–Kier alpha value is -0.590. The lowest BCUT2D eigenvalue weighted by molar-refractivity contribution is 0.0289. The molecule has 0 radical (unpaired) electrons. The predicted molar refractivity (Wildman–Crippen MR) is 52.2 cm³/mol. The lowest BCUT2D eigenvalue weighted by Gasteiger charge is -2.02. The van der Waals surface area contributed by atoms with Gasteiger partial charge in [0.15, 0.2) is 5.82 Å². The molecule has 2 N–H and O–H groups in total. The molecular formula is C7H12BrN3O2. The quantitative estimate of drug-likeness (QED) is 0.787. The Balaban J connectivity index is 2.29. The maximum Gasteiger partial charge on any atom is 0.159 e. The molecule has 0 atom stereocenters. The van der Waals surface area contributed by atoms with E-state index in [1.807, 2.05) is 0 Å². The van der Waals surface area contributed by atoms with Crippen LogP contribution < -0.4 is 5.73 Å². The van der Waals surface area contributed by atoms with Gasteiger partial charge >= 0.3 is 0 Å². The van der Waals surface area contributed by atoms with E-state index >= 15 is 0 Å². The molecule has 74 valence electrons. The standard InChI is InChI=1S/C7H12BrN3O2/c1-12-2-3-13-5-11-4-6(8)7(9)10-11/h4H,2-3,5H2,1H3,(H2,9,10). The van der Waals surface area contributed by atoms with Gasteiger partial charge in [-0.1, -0.05) is 0 Å². The van der Waals surface area contributed by atoms with Crippen LogP contribution in [0.1, 0.15) is 0 Å². The van der Waals surface area contributed by atoms with Crippen LogP contribution in [-0.4, -0.2) is 30.1 Å². The number of rotatable bonds is 5. The Kier molecular flexibility index (Phi) is 4.20. The summed E-state index contributed by atoms with van der Waals surface area (Å²) in [5.41, 5.74) is 5.51. The smallest absolute Gasteiger partial charge is 0.159 e. The average Bonchev–Trinajstić information content (AvgIpc) is 2.41. The highest BCUT2D eigenvalue weighted by molar-refractivity contribution is 9.10. The topological polar surface area (TPSA) is 62.3 Å². The maximum atomic E-state index is 5.51. The minimum absolute atomic E-state index is 0.388. The number of nitrogens with two attached hydrogens (primary N) is 1. The number of anilines is 1. The minimum Gasteiger partial charge on any atom is -0.382 e. The zero-order valence-corrected chi connectivity index (χ0v) is 8.95. The van der Waals surface area contributed by atoms with Gasteiger partial charge in [0.2, 0.25) is 0 Å². The van der Waals surface area contributed by atoms with E-state index in [0.717, 1.165) is 4.47 Å². The summed E-state index contributed by atoms with van der Waals surface area (Å²) >= 11 is 3.25. The van der Waals surface area contributed by atoms with E-state index < -0.39 is 0 Å². The summed E-state index contributed by atoms with van der Waals surface area (Å²) in [6, 6.07) is 0. The third-order valence-corrected chi connectivity index (χ3v) is 2.01. The summed E-state index contributed by atoms with van der Waals surface area (Å²) in [5.74, 6) is 0.468. The zero-order valence-electron chi connectivity index (χ0n) is 7.36. The molecule has 0 aliphatic carbocycles. The van der Waals surface area contributed by atoms with Gasteiger partial charge in [-0.15, -0.1) is 0 Å². The normalized spacial score (nSPS) is 10.6. The molecule has 6 heteroatoms. The van der Waals surface area contributed by atoms with Crippen LogP contribution in [0.25, 0.3) is 0 Å². The molecule has 0 saturated carbocycles. The Morgan fingerprint density at radius 1 is 1.62 bits per heavy atom. The average molecular weight is 250 g/mol. The van der Waals surface area contributed by atoms with Crippen LogP contribution in [0.3, 0.4) is 0 Å². The molecule has 5 nitrogen and oxygen atoms in total. The van der Waals surface area contributed by atoms with Crippen molar-refractivity contribution in [3.05, 3.63) is 10.7 Å². The molecule has 0 aliphatic heterocycles.